The van der Waals surface area contributed by atoms with Gasteiger partial charge in [-0.2, -0.15) is 0 Å². The maximum atomic E-state index is 12.7. The number of aliphatic carboxylic acids is 1. The number of allylic oxidation sites excluding steroid dienone is 1. The topological polar surface area (TPSA) is 46.5 Å². The lowest BCUT2D eigenvalue weighted by Gasteiger charge is -2.30. The van der Waals surface area contributed by atoms with Crippen LogP contribution in [0.5, 0.6) is 0 Å². The molecule has 0 amide bonds. The van der Waals surface area contributed by atoms with E-state index < -0.39 is 23.4 Å². The van der Waals surface area contributed by atoms with Gasteiger partial charge in [-0.25, -0.2) is 13.6 Å². The first kappa shape index (κ1) is 10.4. The molecule has 0 aromatic heterocycles. The minimum Gasteiger partial charge on any atom is -0.483 e. The van der Waals surface area contributed by atoms with Crippen molar-refractivity contribution in [2.45, 2.75) is 37.2 Å². The van der Waals surface area contributed by atoms with Gasteiger partial charge >= 0.3 is 5.97 Å². The molecule has 0 spiro atoms. The highest BCUT2D eigenvalue weighted by Crippen LogP contribution is 2.53. The fourth-order valence-electron chi connectivity index (χ4n) is 1.91. The highest BCUT2D eigenvalue weighted by atomic mass is 19.3. The fourth-order valence-corrected chi connectivity index (χ4v) is 1.91. The highest BCUT2D eigenvalue weighted by Gasteiger charge is 2.61. The summed E-state index contributed by atoms with van der Waals surface area (Å²) in [5.41, 5.74) is -1.43. The summed E-state index contributed by atoms with van der Waals surface area (Å²) in [4.78, 5) is 11.0. The van der Waals surface area contributed by atoms with Crippen molar-refractivity contribution in [2.75, 3.05) is 0 Å². The zero-order valence-corrected chi connectivity index (χ0v) is 8.08. The molecule has 0 bridgehead atoms. The Labute approximate surface area is 85.7 Å². The number of carbonyl (C=O) groups is 1. The van der Waals surface area contributed by atoms with Crippen LogP contribution in [-0.4, -0.2) is 22.6 Å². The lowest BCUT2D eigenvalue weighted by atomic mass is 9.90. The smallest absolute Gasteiger partial charge is 0.348 e. The van der Waals surface area contributed by atoms with Crippen molar-refractivity contribution < 1.29 is 23.4 Å². The molecule has 15 heavy (non-hydrogen) atoms. The Bertz CT molecular complexity index is 314. The molecule has 1 N–H and O–H groups in total. The van der Waals surface area contributed by atoms with Crippen LogP contribution in [0.1, 0.15) is 25.7 Å². The zero-order chi connectivity index (χ0) is 11.1. The maximum absolute atomic E-state index is 12.7. The monoisotopic (exact) mass is 218 g/mol. The van der Waals surface area contributed by atoms with E-state index in [1.165, 1.54) is 6.26 Å². The average molecular weight is 218 g/mol. The molecule has 3 nitrogen and oxygen atoms in total. The van der Waals surface area contributed by atoms with Crippen molar-refractivity contribution in [3.63, 3.8) is 0 Å². The standard InChI is InChI=1S/C10H12F2O3/c11-10(12)6-7(10)5-9(8(13)14)3-1-2-4-15-9/h2,4,7H,1,3,5-6H2,(H,13,14). The van der Waals surface area contributed by atoms with E-state index in [2.05, 4.69) is 0 Å². The number of carboxylic acids is 1. The minimum atomic E-state index is -2.69. The van der Waals surface area contributed by atoms with Crippen LogP contribution in [0, 0.1) is 5.92 Å². The first-order chi connectivity index (χ1) is 6.96. The van der Waals surface area contributed by atoms with Gasteiger partial charge in [-0.3, -0.25) is 0 Å². The van der Waals surface area contributed by atoms with E-state index in [0.717, 1.165) is 0 Å². The van der Waals surface area contributed by atoms with Gasteiger partial charge in [-0.15, -0.1) is 0 Å². The summed E-state index contributed by atoms with van der Waals surface area (Å²) in [6, 6.07) is 0. The van der Waals surface area contributed by atoms with Crippen LogP contribution in [0.4, 0.5) is 8.78 Å². The van der Waals surface area contributed by atoms with E-state index in [9.17, 15) is 13.6 Å². The minimum absolute atomic E-state index is 0.0975. The van der Waals surface area contributed by atoms with Gasteiger partial charge in [0.1, 0.15) is 0 Å². The average Bonchev–Trinajstić information content (AvgIpc) is 2.74. The molecular formula is C10H12F2O3. The largest absolute Gasteiger partial charge is 0.483 e. The number of hydrogen-bond acceptors (Lipinski definition) is 2. The molecule has 2 atom stereocenters. The normalized spacial score (nSPS) is 37.1. The molecule has 1 heterocycles. The van der Waals surface area contributed by atoms with Crippen LogP contribution in [0.25, 0.3) is 0 Å². The van der Waals surface area contributed by atoms with E-state index in [1.54, 1.807) is 6.08 Å². The van der Waals surface area contributed by atoms with Gasteiger partial charge in [0, 0.05) is 25.2 Å². The van der Waals surface area contributed by atoms with E-state index in [4.69, 9.17) is 9.84 Å². The van der Waals surface area contributed by atoms with E-state index in [1.807, 2.05) is 0 Å². The molecule has 1 saturated carbocycles. The van der Waals surface area contributed by atoms with Crippen LogP contribution in [0.15, 0.2) is 12.3 Å². The molecular weight excluding hydrogens is 206 g/mol. The lowest BCUT2D eigenvalue weighted by Crippen LogP contribution is -2.42. The lowest BCUT2D eigenvalue weighted by molar-refractivity contribution is -0.163. The third kappa shape index (κ3) is 1.82. The summed E-state index contributed by atoms with van der Waals surface area (Å²) >= 11 is 0. The molecule has 2 rings (SSSR count). The van der Waals surface area contributed by atoms with Gasteiger partial charge in [0.2, 0.25) is 5.60 Å². The van der Waals surface area contributed by atoms with Gasteiger partial charge in [0.05, 0.1) is 6.26 Å². The molecule has 2 aliphatic rings. The number of halogens is 2. The Hall–Kier alpha value is -1.13. The van der Waals surface area contributed by atoms with Crippen LogP contribution < -0.4 is 0 Å². The molecule has 0 radical (unpaired) electrons. The SMILES string of the molecule is O=C(O)C1(CC2CC2(F)F)CCC=CO1. The van der Waals surface area contributed by atoms with Gasteiger partial charge in [0.25, 0.3) is 5.92 Å². The Morgan fingerprint density at radius 3 is 2.67 bits per heavy atom. The zero-order valence-electron chi connectivity index (χ0n) is 8.08. The Morgan fingerprint density at radius 1 is 1.60 bits per heavy atom. The van der Waals surface area contributed by atoms with E-state index >= 15 is 0 Å². The second-order valence-electron chi connectivity index (χ2n) is 4.19. The molecule has 2 unspecified atom stereocenters. The van der Waals surface area contributed by atoms with Gasteiger partial charge in [0.15, 0.2) is 0 Å². The first-order valence-corrected chi connectivity index (χ1v) is 4.90. The predicted molar refractivity (Wildman–Crippen MR) is 47.5 cm³/mol. The number of rotatable bonds is 3. The molecule has 84 valence electrons. The van der Waals surface area contributed by atoms with Crippen molar-refractivity contribution in [3.05, 3.63) is 12.3 Å². The predicted octanol–water partition coefficient (Wildman–Crippen LogP) is 2.18. The quantitative estimate of drug-likeness (QED) is 0.789. The first-order valence-electron chi connectivity index (χ1n) is 4.90. The molecule has 1 fully saturated rings. The van der Waals surface area contributed by atoms with Crippen LogP contribution in [0.3, 0.4) is 0 Å². The van der Waals surface area contributed by atoms with Gasteiger partial charge in [-0.1, -0.05) is 0 Å². The summed E-state index contributed by atoms with van der Waals surface area (Å²) < 4.78 is 30.5. The number of ether oxygens (including phenoxy) is 1. The molecule has 0 aromatic carbocycles. The van der Waals surface area contributed by atoms with E-state index in [0.29, 0.717) is 6.42 Å². The summed E-state index contributed by atoms with van der Waals surface area (Å²) in [5.74, 6) is -4.66. The highest BCUT2D eigenvalue weighted by molar-refractivity contribution is 5.77. The Balaban J connectivity index is 2.07. The fraction of sp³-hybridized carbons (Fsp3) is 0.700. The van der Waals surface area contributed by atoms with Crippen molar-refractivity contribution in [1.82, 2.24) is 0 Å². The van der Waals surface area contributed by atoms with Gasteiger partial charge in [-0.05, 0) is 12.5 Å². The molecule has 0 saturated heterocycles. The molecule has 5 heteroatoms. The number of hydrogen-bond donors (Lipinski definition) is 1. The Morgan fingerprint density at radius 2 is 2.27 bits per heavy atom. The summed E-state index contributed by atoms with van der Waals surface area (Å²) in [6.45, 7) is 0. The summed E-state index contributed by atoms with van der Waals surface area (Å²) in [5, 5.41) is 9.03. The summed E-state index contributed by atoms with van der Waals surface area (Å²) in [6.07, 6.45) is 3.52. The van der Waals surface area contributed by atoms with Crippen molar-refractivity contribution >= 4 is 5.97 Å². The van der Waals surface area contributed by atoms with Crippen LogP contribution in [-0.2, 0) is 9.53 Å². The second kappa shape index (κ2) is 3.18. The third-order valence-corrected chi connectivity index (χ3v) is 3.03. The summed E-state index contributed by atoms with van der Waals surface area (Å²) in [7, 11) is 0. The van der Waals surface area contributed by atoms with Crippen molar-refractivity contribution in [2.24, 2.45) is 5.92 Å². The van der Waals surface area contributed by atoms with Gasteiger partial charge < -0.3 is 9.84 Å². The molecule has 1 aliphatic heterocycles. The third-order valence-electron chi connectivity index (χ3n) is 3.03. The van der Waals surface area contributed by atoms with Crippen LogP contribution >= 0.6 is 0 Å². The molecule has 0 aromatic rings. The van der Waals surface area contributed by atoms with Crippen LogP contribution in [0.2, 0.25) is 0 Å². The Kier molecular flexibility index (Phi) is 2.20. The van der Waals surface area contributed by atoms with E-state index in [-0.39, 0.29) is 19.3 Å². The van der Waals surface area contributed by atoms with Crippen molar-refractivity contribution in [1.29, 1.82) is 0 Å². The maximum Gasteiger partial charge on any atom is 0.348 e. The van der Waals surface area contributed by atoms with Crippen molar-refractivity contribution in [3.8, 4) is 0 Å². The number of carboxylic acid groups (broad SMARTS) is 1. The number of alkyl halides is 2. The molecule has 1 aliphatic carbocycles. The second-order valence-corrected chi connectivity index (χ2v) is 4.19.